The summed E-state index contributed by atoms with van der Waals surface area (Å²) in [4.78, 5) is 0. The van der Waals surface area contributed by atoms with Gasteiger partial charge in [0.1, 0.15) is 15.6 Å². The number of aryl methyl sites for hydroxylation is 1. The number of ether oxygens (including phenoxy) is 1. The third-order valence-electron chi connectivity index (χ3n) is 3.84. The van der Waals surface area contributed by atoms with Gasteiger partial charge in [-0.3, -0.25) is 0 Å². The van der Waals surface area contributed by atoms with Gasteiger partial charge in [-0.2, -0.15) is 0 Å². The first-order valence-corrected chi connectivity index (χ1v) is 9.40. The minimum Gasteiger partial charge on any atom is -0.490 e. The highest BCUT2D eigenvalue weighted by molar-refractivity contribution is 7.91. The Bertz CT molecular complexity index is 568. The van der Waals surface area contributed by atoms with E-state index >= 15 is 0 Å². The van der Waals surface area contributed by atoms with Gasteiger partial charge in [-0.05, 0) is 32.3 Å². The average molecular weight is 317 g/mol. The van der Waals surface area contributed by atoms with Gasteiger partial charge in [-0.25, -0.2) is 8.42 Å². The molecule has 0 spiro atoms. The quantitative estimate of drug-likeness (QED) is 0.799. The molecule has 112 valence electrons. The van der Waals surface area contributed by atoms with Crippen molar-refractivity contribution in [3.63, 3.8) is 0 Å². The normalized spacial score (nSPS) is 23.6. The first kappa shape index (κ1) is 15.6. The summed E-state index contributed by atoms with van der Waals surface area (Å²) >= 11 is 5.95. The van der Waals surface area contributed by atoms with E-state index in [9.17, 15) is 8.42 Å². The lowest BCUT2D eigenvalue weighted by molar-refractivity contribution is 0.155. The first-order valence-electron chi connectivity index (χ1n) is 6.91. The second kappa shape index (κ2) is 6.35. The van der Waals surface area contributed by atoms with Crippen molar-refractivity contribution in [3.05, 3.63) is 29.3 Å². The summed E-state index contributed by atoms with van der Waals surface area (Å²) in [5.41, 5.74) is 2.11. The molecule has 1 aliphatic carbocycles. The lowest BCUT2D eigenvalue weighted by Gasteiger charge is -2.29. The number of hydrogen-bond donors (Lipinski definition) is 0. The Balaban J connectivity index is 2.10. The Morgan fingerprint density at radius 3 is 2.75 bits per heavy atom. The van der Waals surface area contributed by atoms with Crippen LogP contribution in [0, 0.1) is 6.92 Å². The molecule has 3 nitrogen and oxygen atoms in total. The molecule has 1 aliphatic rings. The molecule has 0 bridgehead atoms. The van der Waals surface area contributed by atoms with Crippen LogP contribution in [0.5, 0.6) is 5.75 Å². The van der Waals surface area contributed by atoms with E-state index in [0.717, 1.165) is 36.1 Å². The number of rotatable bonds is 4. The van der Waals surface area contributed by atoms with E-state index in [-0.39, 0.29) is 11.4 Å². The predicted octanol–water partition coefficient (Wildman–Crippen LogP) is 3.47. The summed E-state index contributed by atoms with van der Waals surface area (Å²) in [5.74, 6) is 1.18. The van der Waals surface area contributed by atoms with Crippen molar-refractivity contribution in [2.24, 2.45) is 0 Å². The highest BCUT2D eigenvalue weighted by Crippen LogP contribution is 2.30. The van der Waals surface area contributed by atoms with Crippen LogP contribution in [0.25, 0.3) is 0 Å². The van der Waals surface area contributed by atoms with Crippen LogP contribution in [0.3, 0.4) is 0 Å². The van der Waals surface area contributed by atoms with Crippen LogP contribution < -0.4 is 4.74 Å². The maximum Gasteiger partial charge on any atom is 0.150 e. The van der Waals surface area contributed by atoms with Crippen LogP contribution in [0.15, 0.2) is 18.2 Å². The molecule has 0 amide bonds. The summed E-state index contributed by atoms with van der Waals surface area (Å²) in [6.07, 6.45) is 4.40. The van der Waals surface area contributed by atoms with E-state index in [1.54, 1.807) is 0 Å². The average Bonchev–Trinajstić information content (AvgIpc) is 2.40. The fourth-order valence-electron chi connectivity index (χ4n) is 2.71. The van der Waals surface area contributed by atoms with Crippen LogP contribution in [-0.2, 0) is 15.7 Å². The Kier molecular flexibility index (Phi) is 4.97. The van der Waals surface area contributed by atoms with Crippen molar-refractivity contribution in [1.29, 1.82) is 0 Å². The first-order chi connectivity index (χ1) is 9.40. The molecule has 1 aromatic rings. The van der Waals surface area contributed by atoms with Crippen LogP contribution >= 0.6 is 11.6 Å². The molecule has 2 unspecified atom stereocenters. The molecule has 0 heterocycles. The largest absolute Gasteiger partial charge is 0.490 e. The minimum atomic E-state index is -2.98. The molecule has 1 aromatic carbocycles. The van der Waals surface area contributed by atoms with Crippen LogP contribution in [0.2, 0.25) is 0 Å². The summed E-state index contributed by atoms with van der Waals surface area (Å²) in [7, 11) is -2.98. The van der Waals surface area contributed by atoms with Crippen molar-refractivity contribution in [1.82, 2.24) is 0 Å². The summed E-state index contributed by atoms with van der Waals surface area (Å²) in [5, 5.41) is -0.272. The molecule has 5 heteroatoms. The number of sulfone groups is 1. The molecule has 1 fully saturated rings. The van der Waals surface area contributed by atoms with E-state index in [0.29, 0.717) is 12.3 Å². The second-order valence-electron chi connectivity index (χ2n) is 5.60. The maximum atomic E-state index is 11.7. The van der Waals surface area contributed by atoms with Gasteiger partial charge in [0.15, 0.2) is 0 Å². The van der Waals surface area contributed by atoms with Crippen molar-refractivity contribution < 1.29 is 13.2 Å². The van der Waals surface area contributed by atoms with Crippen LogP contribution in [-0.4, -0.2) is 26.0 Å². The standard InChI is InChI=1S/C15H21ClO3S/c1-11-6-7-15(12(8-11)10-16)19-13-4-3-5-14(9-13)20(2,17)18/h6-8,13-14H,3-5,9-10H2,1-2H3. The third-order valence-corrected chi connectivity index (χ3v) is 5.76. The minimum absolute atomic E-state index is 0.0341. The van der Waals surface area contributed by atoms with Crippen molar-refractivity contribution in [2.45, 2.75) is 49.8 Å². The smallest absolute Gasteiger partial charge is 0.150 e. The molecule has 2 atom stereocenters. The van der Waals surface area contributed by atoms with E-state index in [4.69, 9.17) is 16.3 Å². The molecular formula is C15H21ClO3S. The Morgan fingerprint density at radius 1 is 1.35 bits per heavy atom. The maximum absolute atomic E-state index is 11.7. The molecule has 20 heavy (non-hydrogen) atoms. The van der Waals surface area contributed by atoms with Gasteiger partial charge in [0, 0.05) is 18.2 Å². The lowest BCUT2D eigenvalue weighted by atomic mass is 9.97. The van der Waals surface area contributed by atoms with Gasteiger partial charge in [-0.1, -0.05) is 17.7 Å². The van der Waals surface area contributed by atoms with Crippen molar-refractivity contribution in [2.75, 3.05) is 6.26 Å². The fraction of sp³-hybridized carbons (Fsp3) is 0.600. The van der Waals surface area contributed by atoms with Crippen molar-refractivity contribution in [3.8, 4) is 5.75 Å². The van der Waals surface area contributed by atoms with E-state index in [1.165, 1.54) is 6.26 Å². The van der Waals surface area contributed by atoms with E-state index in [2.05, 4.69) is 0 Å². The molecule has 1 saturated carbocycles. The third kappa shape index (κ3) is 3.89. The molecular weight excluding hydrogens is 296 g/mol. The van der Waals surface area contributed by atoms with E-state index < -0.39 is 9.84 Å². The zero-order valence-corrected chi connectivity index (χ0v) is 13.5. The molecule has 0 N–H and O–H groups in total. The van der Waals surface area contributed by atoms with Gasteiger partial charge in [-0.15, -0.1) is 11.6 Å². The highest BCUT2D eigenvalue weighted by Gasteiger charge is 2.30. The molecule has 0 aromatic heterocycles. The second-order valence-corrected chi connectivity index (χ2v) is 8.20. The Hall–Kier alpha value is -0.740. The molecule has 0 aliphatic heterocycles. The highest BCUT2D eigenvalue weighted by atomic mass is 35.5. The molecule has 2 rings (SSSR count). The Morgan fingerprint density at radius 2 is 2.10 bits per heavy atom. The summed E-state index contributed by atoms with van der Waals surface area (Å²) in [6.45, 7) is 2.01. The summed E-state index contributed by atoms with van der Waals surface area (Å²) < 4.78 is 29.4. The predicted molar refractivity (Wildman–Crippen MR) is 82.3 cm³/mol. The number of hydrogen-bond acceptors (Lipinski definition) is 3. The monoisotopic (exact) mass is 316 g/mol. The fourth-order valence-corrected chi connectivity index (χ4v) is 4.07. The van der Waals surface area contributed by atoms with Crippen molar-refractivity contribution >= 4 is 21.4 Å². The van der Waals surface area contributed by atoms with Gasteiger partial charge in [0.25, 0.3) is 0 Å². The van der Waals surface area contributed by atoms with Crippen LogP contribution in [0.4, 0.5) is 0 Å². The van der Waals surface area contributed by atoms with Gasteiger partial charge in [0.2, 0.25) is 0 Å². The van der Waals surface area contributed by atoms with Gasteiger partial charge >= 0.3 is 0 Å². The molecule has 0 radical (unpaired) electrons. The van der Waals surface area contributed by atoms with Crippen LogP contribution in [0.1, 0.15) is 36.8 Å². The number of halogens is 1. The topological polar surface area (TPSA) is 43.4 Å². The van der Waals surface area contributed by atoms with E-state index in [1.807, 2.05) is 25.1 Å². The molecule has 0 saturated heterocycles. The number of benzene rings is 1. The zero-order valence-electron chi connectivity index (χ0n) is 11.9. The SMILES string of the molecule is Cc1ccc(OC2CCCC(S(C)(=O)=O)C2)c(CCl)c1. The number of alkyl halides is 1. The lowest BCUT2D eigenvalue weighted by Crippen LogP contribution is -2.33. The van der Waals surface area contributed by atoms with Gasteiger partial charge < -0.3 is 4.74 Å². The van der Waals surface area contributed by atoms with Gasteiger partial charge in [0.05, 0.1) is 17.2 Å². The Labute approximate surface area is 126 Å². The zero-order chi connectivity index (χ0) is 14.8. The summed E-state index contributed by atoms with van der Waals surface area (Å²) in [6, 6.07) is 5.93.